The first-order chi connectivity index (χ1) is 12.8. The molecule has 2 aromatic rings. The minimum absolute atomic E-state index is 0.0732. The molecule has 2 rings (SSSR count). The number of hydrogen-bond donors (Lipinski definition) is 1. The number of benzene rings is 1. The van der Waals surface area contributed by atoms with Crippen LogP contribution >= 0.6 is 11.3 Å². The number of nitrogens with zero attached hydrogens (tertiary/aromatic N) is 3. The van der Waals surface area contributed by atoms with Crippen LogP contribution in [0.5, 0.6) is 0 Å². The van der Waals surface area contributed by atoms with E-state index < -0.39 is 17.5 Å². The van der Waals surface area contributed by atoms with Gasteiger partial charge in [-0.25, -0.2) is 18.2 Å². The number of thiophene rings is 1. The Kier molecular flexibility index (Phi) is 7.23. The molecule has 0 saturated heterocycles. The second kappa shape index (κ2) is 9.40. The third-order valence-electron chi connectivity index (χ3n) is 3.69. The predicted molar refractivity (Wildman–Crippen MR) is 99.9 cm³/mol. The van der Waals surface area contributed by atoms with Crippen molar-refractivity contribution in [3.8, 4) is 0 Å². The Morgan fingerprint density at radius 1 is 1.19 bits per heavy atom. The highest BCUT2D eigenvalue weighted by Gasteiger charge is 2.14. The molecule has 1 N–H and O–H groups in total. The van der Waals surface area contributed by atoms with E-state index in [1.807, 2.05) is 17.5 Å². The predicted octanol–water partition coefficient (Wildman–Crippen LogP) is 2.83. The van der Waals surface area contributed by atoms with Crippen LogP contribution in [0.1, 0.15) is 10.4 Å². The van der Waals surface area contributed by atoms with Gasteiger partial charge in [0.15, 0.2) is 23.4 Å². The fourth-order valence-corrected chi connectivity index (χ4v) is 2.87. The van der Waals surface area contributed by atoms with Crippen LogP contribution in [0.15, 0.2) is 34.6 Å². The van der Waals surface area contributed by atoms with Gasteiger partial charge in [-0.05, 0) is 29.1 Å². The Morgan fingerprint density at radius 2 is 1.85 bits per heavy atom. The van der Waals surface area contributed by atoms with Gasteiger partial charge < -0.3 is 15.1 Å². The van der Waals surface area contributed by atoms with Crippen LogP contribution < -0.4 is 5.32 Å². The topological polar surface area (TPSA) is 47.9 Å². The Balaban J connectivity index is 2.14. The lowest BCUT2D eigenvalue weighted by Gasteiger charge is -2.23. The highest BCUT2D eigenvalue weighted by atomic mass is 32.1. The average molecular weight is 398 g/mol. The van der Waals surface area contributed by atoms with Crippen molar-refractivity contribution in [2.24, 2.45) is 4.99 Å². The molecule has 0 spiro atoms. The van der Waals surface area contributed by atoms with E-state index in [4.69, 9.17) is 0 Å². The van der Waals surface area contributed by atoms with Crippen molar-refractivity contribution >= 4 is 23.2 Å². The monoisotopic (exact) mass is 398 g/mol. The van der Waals surface area contributed by atoms with Crippen LogP contribution in [0.4, 0.5) is 13.2 Å². The van der Waals surface area contributed by atoms with E-state index in [-0.39, 0.29) is 24.6 Å². The Labute approximate surface area is 160 Å². The lowest BCUT2D eigenvalue weighted by Crippen LogP contribution is -2.39. The minimum atomic E-state index is -1.50. The van der Waals surface area contributed by atoms with Crippen molar-refractivity contribution < 1.29 is 18.0 Å². The highest BCUT2D eigenvalue weighted by Crippen LogP contribution is 2.15. The van der Waals surface area contributed by atoms with E-state index >= 15 is 0 Å². The van der Waals surface area contributed by atoms with Crippen LogP contribution in [-0.4, -0.2) is 49.4 Å². The zero-order valence-corrected chi connectivity index (χ0v) is 16.1. The molecule has 1 aromatic heterocycles. The summed E-state index contributed by atoms with van der Waals surface area (Å²) in [6.45, 7) is 0.500. The highest BCUT2D eigenvalue weighted by molar-refractivity contribution is 7.09. The van der Waals surface area contributed by atoms with Crippen molar-refractivity contribution in [3.05, 3.63) is 57.5 Å². The summed E-state index contributed by atoms with van der Waals surface area (Å²) < 4.78 is 40.0. The SMILES string of the molecule is CN(C)C(=O)CN=C(NCc1cccs1)N(C)Cc1cc(F)c(F)c(F)c1. The molecule has 1 aromatic carbocycles. The molecular weight excluding hydrogens is 377 g/mol. The number of nitrogens with one attached hydrogen (secondary N) is 1. The van der Waals surface area contributed by atoms with Crippen LogP contribution in [0.25, 0.3) is 0 Å². The number of carbonyl (C=O) groups excluding carboxylic acids is 1. The molecule has 1 amide bonds. The first kappa shape index (κ1) is 20.8. The summed E-state index contributed by atoms with van der Waals surface area (Å²) in [7, 11) is 4.92. The summed E-state index contributed by atoms with van der Waals surface area (Å²) in [5, 5.41) is 5.07. The van der Waals surface area contributed by atoms with Gasteiger partial charge in [0, 0.05) is 32.6 Å². The van der Waals surface area contributed by atoms with Gasteiger partial charge in [-0.3, -0.25) is 4.79 Å². The van der Waals surface area contributed by atoms with Crippen LogP contribution in [0.3, 0.4) is 0 Å². The lowest BCUT2D eigenvalue weighted by atomic mass is 10.2. The summed E-state index contributed by atoms with van der Waals surface area (Å²) in [5.41, 5.74) is 0.249. The molecule has 9 heteroatoms. The zero-order chi connectivity index (χ0) is 20.0. The van der Waals surface area contributed by atoms with Gasteiger partial charge in [0.05, 0.1) is 6.54 Å². The third-order valence-corrected chi connectivity index (χ3v) is 4.57. The molecule has 5 nitrogen and oxygen atoms in total. The molecular formula is C18H21F3N4OS. The first-order valence-corrected chi connectivity index (χ1v) is 9.01. The normalized spacial score (nSPS) is 11.4. The largest absolute Gasteiger partial charge is 0.351 e. The van der Waals surface area contributed by atoms with Gasteiger partial charge >= 0.3 is 0 Å². The second-order valence-corrected chi connectivity index (χ2v) is 7.12. The maximum absolute atomic E-state index is 13.4. The number of rotatable bonds is 6. The maximum Gasteiger partial charge on any atom is 0.243 e. The van der Waals surface area contributed by atoms with Crippen molar-refractivity contribution in [1.82, 2.24) is 15.1 Å². The molecule has 0 aliphatic carbocycles. The molecule has 0 fully saturated rings. The molecule has 0 atom stereocenters. The Morgan fingerprint density at radius 3 is 2.41 bits per heavy atom. The quantitative estimate of drug-likeness (QED) is 0.463. The van der Waals surface area contributed by atoms with Crippen LogP contribution in [0, 0.1) is 17.5 Å². The van der Waals surface area contributed by atoms with Gasteiger partial charge in [-0.15, -0.1) is 11.3 Å². The summed E-state index contributed by atoms with van der Waals surface area (Å²) in [6, 6.07) is 5.75. The number of aliphatic imine (C=N–C) groups is 1. The summed E-state index contributed by atoms with van der Waals surface area (Å²) in [4.78, 5) is 20.2. The van der Waals surface area contributed by atoms with Gasteiger partial charge in [-0.2, -0.15) is 0 Å². The summed E-state index contributed by atoms with van der Waals surface area (Å²) in [5.74, 6) is -3.78. The standard InChI is InChI=1S/C18H21F3N4OS/c1-24(2)16(26)10-23-18(22-9-13-5-4-6-27-13)25(3)11-12-7-14(19)17(21)15(20)8-12/h4-8H,9-11H2,1-3H3,(H,22,23). The number of likely N-dealkylation sites (N-methyl/N-ethyl adjacent to an activating group) is 1. The Hall–Kier alpha value is -2.55. The molecule has 0 saturated carbocycles. The van der Waals surface area contributed by atoms with E-state index in [0.717, 1.165) is 17.0 Å². The van der Waals surface area contributed by atoms with Crippen molar-refractivity contribution in [3.63, 3.8) is 0 Å². The number of carbonyl (C=O) groups is 1. The van der Waals surface area contributed by atoms with E-state index in [2.05, 4.69) is 10.3 Å². The average Bonchev–Trinajstić information content (AvgIpc) is 3.12. The second-order valence-electron chi connectivity index (χ2n) is 6.09. The number of guanidine groups is 1. The zero-order valence-electron chi connectivity index (χ0n) is 15.3. The van der Waals surface area contributed by atoms with Crippen molar-refractivity contribution in [2.45, 2.75) is 13.1 Å². The molecule has 1 heterocycles. The fourth-order valence-electron chi connectivity index (χ4n) is 2.22. The molecule has 0 unspecified atom stereocenters. The maximum atomic E-state index is 13.4. The Bertz CT molecular complexity index is 786. The summed E-state index contributed by atoms with van der Waals surface area (Å²) >= 11 is 1.56. The van der Waals surface area contributed by atoms with Gasteiger partial charge in [-0.1, -0.05) is 6.07 Å². The van der Waals surface area contributed by atoms with E-state index in [1.54, 1.807) is 37.4 Å². The van der Waals surface area contributed by atoms with Crippen LogP contribution in [-0.2, 0) is 17.9 Å². The molecule has 0 bridgehead atoms. The van der Waals surface area contributed by atoms with Crippen molar-refractivity contribution in [2.75, 3.05) is 27.7 Å². The fraction of sp³-hybridized carbons (Fsp3) is 0.333. The molecule has 27 heavy (non-hydrogen) atoms. The molecule has 0 aliphatic rings. The number of amides is 1. The number of halogens is 3. The van der Waals surface area contributed by atoms with Gasteiger partial charge in [0.1, 0.15) is 6.54 Å². The number of hydrogen-bond acceptors (Lipinski definition) is 3. The summed E-state index contributed by atoms with van der Waals surface area (Å²) in [6.07, 6.45) is 0. The van der Waals surface area contributed by atoms with Gasteiger partial charge in [0.2, 0.25) is 5.91 Å². The third kappa shape index (κ3) is 5.99. The van der Waals surface area contributed by atoms with E-state index in [1.165, 1.54) is 4.90 Å². The smallest absolute Gasteiger partial charge is 0.243 e. The van der Waals surface area contributed by atoms with E-state index in [0.29, 0.717) is 12.5 Å². The molecule has 0 radical (unpaired) electrons. The van der Waals surface area contributed by atoms with Crippen molar-refractivity contribution in [1.29, 1.82) is 0 Å². The van der Waals surface area contributed by atoms with Gasteiger partial charge in [0.25, 0.3) is 0 Å². The first-order valence-electron chi connectivity index (χ1n) is 8.13. The minimum Gasteiger partial charge on any atom is -0.351 e. The molecule has 146 valence electrons. The lowest BCUT2D eigenvalue weighted by molar-refractivity contribution is -0.127. The van der Waals surface area contributed by atoms with E-state index in [9.17, 15) is 18.0 Å². The van der Waals surface area contributed by atoms with Crippen LogP contribution in [0.2, 0.25) is 0 Å². The molecule has 0 aliphatic heterocycles.